The first-order valence-corrected chi connectivity index (χ1v) is 6.72. The van der Waals surface area contributed by atoms with Gasteiger partial charge in [-0.1, -0.05) is 30.3 Å². The first-order valence-electron chi connectivity index (χ1n) is 6.72. The Hall–Kier alpha value is -1.63. The number of hydrogen-bond acceptors (Lipinski definition) is 3. The first-order chi connectivity index (χ1) is 9.27. The monoisotopic (exact) mass is 255 g/mol. The van der Waals surface area contributed by atoms with Gasteiger partial charge in [-0.15, -0.1) is 0 Å². The lowest BCUT2D eigenvalue weighted by Crippen LogP contribution is -2.58. The van der Waals surface area contributed by atoms with Crippen LogP contribution >= 0.6 is 0 Å². The fourth-order valence-corrected chi connectivity index (χ4v) is 3.46. The molecule has 1 aromatic rings. The highest BCUT2D eigenvalue weighted by molar-refractivity contribution is 5.75. The predicted octanol–water partition coefficient (Wildman–Crippen LogP) is 2.26. The third-order valence-electron chi connectivity index (χ3n) is 4.41. The Labute approximate surface area is 113 Å². The van der Waals surface area contributed by atoms with Crippen LogP contribution in [0.25, 0.3) is 5.57 Å². The summed E-state index contributed by atoms with van der Waals surface area (Å²) in [5.74, 6) is 0.158. The van der Waals surface area contributed by atoms with Gasteiger partial charge in [0.2, 0.25) is 0 Å². The standard InChI is InChI=1S/C16H17NO2/c1-2-19-15-8-12-7-11(9-18)13-5-3-4-6-14(13)16(12,15)10-17/h3-7,12,15,18H,2,8-9H2,1H3/t12-,15-,16+/m1/s1. The number of ether oxygens (including phenoxy) is 1. The van der Waals surface area contributed by atoms with Crippen molar-refractivity contribution in [2.75, 3.05) is 13.2 Å². The molecule has 3 rings (SSSR count). The van der Waals surface area contributed by atoms with E-state index < -0.39 is 5.41 Å². The molecule has 0 unspecified atom stereocenters. The van der Waals surface area contributed by atoms with Crippen LogP contribution in [0.4, 0.5) is 0 Å². The van der Waals surface area contributed by atoms with Crippen molar-refractivity contribution in [2.24, 2.45) is 5.92 Å². The van der Waals surface area contributed by atoms with Crippen molar-refractivity contribution in [2.45, 2.75) is 24.9 Å². The highest BCUT2D eigenvalue weighted by Gasteiger charge is 2.59. The van der Waals surface area contributed by atoms with E-state index in [4.69, 9.17) is 4.74 Å². The molecule has 3 heteroatoms. The molecule has 2 aliphatic carbocycles. The maximum atomic E-state index is 9.75. The summed E-state index contributed by atoms with van der Waals surface area (Å²) >= 11 is 0. The van der Waals surface area contributed by atoms with Crippen LogP contribution in [0.1, 0.15) is 24.5 Å². The molecule has 1 aromatic carbocycles. The molecule has 0 amide bonds. The zero-order valence-electron chi connectivity index (χ0n) is 11.0. The highest BCUT2D eigenvalue weighted by atomic mass is 16.5. The predicted molar refractivity (Wildman–Crippen MR) is 72.3 cm³/mol. The van der Waals surface area contributed by atoms with Gasteiger partial charge in [0.1, 0.15) is 5.41 Å². The largest absolute Gasteiger partial charge is 0.392 e. The summed E-state index contributed by atoms with van der Waals surface area (Å²) in [6.45, 7) is 2.61. The molecule has 2 aliphatic rings. The van der Waals surface area contributed by atoms with Crippen LogP contribution in [0, 0.1) is 17.2 Å². The van der Waals surface area contributed by atoms with Crippen molar-refractivity contribution < 1.29 is 9.84 Å². The first kappa shape index (κ1) is 12.4. The van der Waals surface area contributed by atoms with Crippen molar-refractivity contribution >= 4 is 5.57 Å². The number of nitriles is 1. The fourth-order valence-electron chi connectivity index (χ4n) is 3.46. The molecule has 3 nitrogen and oxygen atoms in total. The Morgan fingerprint density at radius 1 is 1.47 bits per heavy atom. The molecule has 19 heavy (non-hydrogen) atoms. The number of hydrogen-bond donors (Lipinski definition) is 1. The summed E-state index contributed by atoms with van der Waals surface area (Å²) in [5, 5.41) is 19.3. The lowest BCUT2D eigenvalue weighted by molar-refractivity contribution is -0.0667. The average Bonchev–Trinajstić information content (AvgIpc) is 2.44. The second-order valence-electron chi connectivity index (χ2n) is 5.16. The Bertz CT molecular complexity index is 572. The quantitative estimate of drug-likeness (QED) is 0.901. The van der Waals surface area contributed by atoms with Crippen molar-refractivity contribution in [3.8, 4) is 6.07 Å². The van der Waals surface area contributed by atoms with E-state index in [-0.39, 0.29) is 18.6 Å². The topological polar surface area (TPSA) is 53.2 Å². The Balaban J connectivity index is 2.14. The average molecular weight is 255 g/mol. The Kier molecular flexibility index (Phi) is 2.93. The highest BCUT2D eigenvalue weighted by Crippen LogP contribution is 2.55. The molecule has 0 aliphatic heterocycles. The summed E-state index contributed by atoms with van der Waals surface area (Å²) in [6, 6.07) is 10.4. The van der Waals surface area contributed by atoms with E-state index >= 15 is 0 Å². The van der Waals surface area contributed by atoms with Crippen LogP contribution in [0.15, 0.2) is 30.3 Å². The van der Waals surface area contributed by atoms with Crippen molar-refractivity contribution in [3.05, 3.63) is 41.5 Å². The van der Waals surface area contributed by atoms with Crippen LogP contribution in [0.5, 0.6) is 0 Å². The number of nitrogens with zero attached hydrogens (tertiary/aromatic N) is 1. The summed E-state index contributed by atoms with van der Waals surface area (Å²) in [7, 11) is 0. The van der Waals surface area contributed by atoms with E-state index in [9.17, 15) is 10.4 Å². The molecule has 98 valence electrons. The molecule has 0 bridgehead atoms. The van der Waals surface area contributed by atoms with E-state index in [1.54, 1.807) is 0 Å². The van der Waals surface area contributed by atoms with E-state index in [0.717, 1.165) is 23.1 Å². The fraction of sp³-hybridized carbons (Fsp3) is 0.438. The lowest BCUT2D eigenvalue weighted by atomic mass is 9.51. The molecule has 0 saturated heterocycles. The van der Waals surface area contributed by atoms with Gasteiger partial charge in [-0.05, 0) is 30.0 Å². The molecule has 1 N–H and O–H groups in total. The molecule has 1 saturated carbocycles. The number of benzene rings is 1. The minimum Gasteiger partial charge on any atom is -0.392 e. The molecule has 1 fully saturated rings. The number of rotatable bonds is 3. The minimum atomic E-state index is -0.564. The van der Waals surface area contributed by atoms with Gasteiger partial charge < -0.3 is 9.84 Å². The molecule has 0 aromatic heterocycles. The third-order valence-corrected chi connectivity index (χ3v) is 4.41. The van der Waals surface area contributed by atoms with E-state index in [2.05, 4.69) is 12.1 Å². The van der Waals surface area contributed by atoms with E-state index in [0.29, 0.717) is 6.61 Å². The van der Waals surface area contributed by atoms with Gasteiger partial charge in [-0.2, -0.15) is 5.26 Å². The van der Waals surface area contributed by atoms with Crippen LogP contribution in [0.3, 0.4) is 0 Å². The third kappa shape index (κ3) is 1.51. The summed E-state index contributed by atoms with van der Waals surface area (Å²) in [6.07, 6.45) is 2.88. The van der Waals surface area contributed by atoms with Gasteiger partial charge in [-0.25, -0.2) is 0 Å². The second-order valence-corrected chi connectivity index (χ2v) is 5.16. The van der Waals surface area contributed by atoms with Gasteiger partial charge in [0.25, 0.3) is 0 Å². The number of allylic oxidation sites excluding steroid dienone is 1. The maximum absolute atomic E-state index is 9.75. The van der Waals surface area contributed by atoms with Crippen molar-refractivity contribution in [1.29, 1.82) is 5.26 Å². The van der Waals surface area contributed by atoms with Gasteiger partial charge in [0.05, 0.1) is 18.8 Å². The second kappa shape index (κ2) is 4.48. The summed E-state index contributed by atoms with van der Waals surface area (Å²) in [4.78, 5) is 0. The Morgan fingerprint density at radius 3 is 2.95 bits per heavy atom. The molecule has 3 atom stereocenters. The minimum absolute atomic E-state index is 0.0221. The smallest absolute Gasteiger partial charge is 0.115 e. The van der Waals surface area contributed by atoms with Crippen LogP contribution in [-0.4, -0.2) is 24.4 Å². The van der Waals surface area contributed by atoms with Crippen molar-refractivity contribution in [1.82, 2.24) is 0 Å². The Morgan fingerprint density at radius 2 is 2.26 bits per heavy atom. The zero-order chi connectivity index (χ0) is 13.5. The number of aliphatic hydroxyl groups is 1. The van der Waals surface area contributed by atoms with Gasteiger partial charge in [0.15, 0.2) is 0 Å². The normalized spacial score (nSPS) is 31.5. The molecule has 0 radical (unpaired) electrons. The molecule has 0 spiro atoms. The maximum Gasteiger partial charge on any atom is 0.115 e. The molecule has 0 heterocycles. The van der Waals surface area contributed by atoms with Gasteiger partial charge >= 0.3 is 0 Å². The van der Waals surface area contributed by atoms with Crippen LogP contribution in [-0.2, 0) is 10.2 Å². The van der Waals surface area contributed by atoms with Crippen LogP contribution in [0.2, 0.25) is 0 Å². The van der Waals surface area contributed by atoms with E-state index in [1.807, 2.05) is 31.2 Å². The number of aliphatic hydroxyl groups excluding tert-OH is 1. The van der Waals surface area contributed by atoms with Gasteiger partial charge in [0, 0.05) is 12.5 Å². The summed E-state index contributed by atoms with van der Waals surface area (Å²) < 4.78 is 5.75. The van der Waals surface area contributed by atoms with Crippen LogP contribution < -0.4 is 0 Å². The summed E-state index contributed by atoms with van der Waals surface area (Å²) in [5.41, 5.74) is 2.37. The van der Waals surface area contributed by atoms with E-state index in [1.165, 1.54) is 0 Å². The number of fused-ring (bicyclic) bond motifs is 3. The van der Waals surface area contributed by atoms with Gasteiger partial charge in [-0.3, -0.25) is 0 Å². The zero-order valence-corrected chi connectivity index (χ0v) is 11.0. The lowest BCUT2D eigenvalue weighted by Gasteiger charge is -2.53. The molecular formula is C16H17NO2. The molecular weight excluding hydrogens is 238 g/mol. The van der Waals surface area contributed by atoms with Crippen molar-refractivity contribution in [3.63, 3.8) is 0 Å². The SMILES string of the molecule is CCO[C@@H]1C[C@H]2C=C(CO)c3ccccc3[C@]21C#N.